The zero-order valence-electron chi connectivity index (χ0n) is 45.2. The molecule has 4 aromatic rings. The van der Waals surface area contributed by atoms with Crippen molar-refractivity contribution in [2.45, 2.75) is 116 Å². The number of esters is 1. The van der Waals surface area contributed by atoms with E-state index in [2.05, 4.69) is 26.8 Å². The lowest BCUT2D eigenvalue weighted by molar-refractivity contribution is -0.138. The first kappa shape index (κ1) is 58.3. The number of nitrogens with zero attached hydrogens (tertiary/aromatic N) is 7. The summed E-state index contributed by atoms with van der Waals surface area (Å²) in [5.41, 5.74) is 5.03. The van der Waals surface area contributed by atoms with E-state index in [1.165, 1.54) is 74.9 Å². The summed E-state index contributed by atoms with van der Waals surface area (Å²) >= 11 is 0. The van der Waals surface area contributed by atoms with Crippen molar-refractivity contribution in [3.8, 4) is 5.75 Å². The number of piperidine rings is 1. The molecule has 0 atom stereocenters. The number of halogens is 6. The fraction of sp³-hybridized carbons (Fsp3) is 0.550. The summed E-state index contributed by atoms with van der Waals surface area (Å²) in [6.45, 7) is 14.7. The van der Waals surface area contributed by atoms with Gasteiger partial charge in [-0.05, 0) is 154 Å². The number of likely N-dealkylation sites (tertiary alicyclic amines) is 1. The van der Waals surface area contributed by atoms with Crippen LogP contribution in [0.2, 0.25) is 0 Å². The summed E-state index contributed by atoms with van der Waals surface area (Å²) in [5.74, 6) is 0.863. The minimum atomic E-state index is -4.33. The number of piperazine rings is 2. The average molecular weight is 1090 g/mol. The van der Waals surface area contributed by atoms with Crippen molar-refractivity contribution in [2.75, 3.05) is 109 Å². The molecular weight excluding hydrogens is 1010 g/mol. The quantitative estimate of drug-likeness (QED) is 0.0484. The number of hydrogen-bond donors (Lipinski definition) is 0. The van der Waals surface area contributed by atoms with E-state index in [4.69, 9.17) is 9.47 Å². The van der Waals surface area contributed by atoms with Crippen LogP contribution >= 0.6 is 0 Å². The number of hydrogen-bond acceptors (Lipinski definition) is 10. The van der Waals surface area contributed by atoms with Crippen LogP contribution in [-0.4, -0.2) is 141 Å². The van der Waals surface area contributed by atoms with E-state index in [1.54, 1.807) is 24.3 Å². The van der Waals surface area contributed by atoms with Gasteiger partial charge in [0.1, 0.15) is 5.75 Å². The number of unbranched alkanes of at least 4 members (excludes halogenated alkanes) is 4. The largest absolute Gasteiger partial charge is 0.494 e. The first-order valence-corrected chi connectivity index (χ1v) is 28.1. The number of alkyl halides is 6. The number of benzene rings is 4. The molecule has 5 aliphatic heterocycles. The van der Waals surface area contributed by atoms with E-state index >= 15 is 0 Å². The molecule has 3 fully saturated rings. The van der Waals surface area contributed by atoms with Gasteiger partial charge in [-0.1, -0.05) is 43.5 Å². The smallest absolute Gasteiger partial charge is 0.416 e. The van der Waals surface area contributed by atoms with Crippen molar-refractivity contribution in [1.82, 2.24) is 24.5 Å². The number of amides is 2. The molecule has 0 aromatic heterocycles. The van der Waals surface area contributed by atoms with Gasteiger partial charge in [0.15, 0.2) is 0 Å². The Bertz CT molecular complexity index is 2590. The zero-order chi connectivity index (χ0) is 55.1. The van der Waals surface area contributed by atoms with Crippen molar-refractivity contribution >= 4 is 29.2 Å². The Kier molecular flexibility index (Phi) is 20.8. The lowest BCUT2D eigenvalue weighted by Gasteiger charge is -2.36. The Morgan fingerprint density at radius 1 is 0.474 bits per heavy atom. The minimum absolute atomic E-state index is 0.125. The van der Waals surface area contributed by atoms with Gasteiger partial charge >= 0.3 is 18.3 Å². The molecule has 0 aliphatic carbocycles. The van der Waals surface area contributed by atoms with Crippen LogP contribution in [0.5, 0.6) is 5.75 Å². The Balaban J connectivity index is 0.000000208. The molecular formula is C60H77F6N7O5. The third-order valence-electron chi connectivity index (χ3n) is 15.8. The Hall–Kier alpha value is -5.85. The molecule has 18 heteroatoms. The van der Waals surface area contributed by atoms with E-state index in [1.807, 2.05) is 31.7 Å². The van der Waals surface area contributed by atoms with E-state index in [0.29, 0.717) is 69.0 Å². The maximum Gasteiger partial charge on any atom is 0.416 e. The first-order chi connectivity index (χ1) is 37.6. The van der Waals surface area contributed by atoms with Gasteiger partial charge in [-0.15, -0.1) is 0 Å². The second kappa shape index (κ2) is 27.8. The molecule has 9 rings (SSSR count). The molecule has 0 bridgehead atoms. The molecule has 0 saturated carbocycles. The highest BCUT2D eigenvalue weighted by molar-refractivity contribution is 5.89. The summed E-state index contributed by atoms with van der Waals surface area (Å²) in [6, 6.07) is 22.8. The highest BCUT2D eigenvalue weighted by Crippen LogP contribution is 2.34. The van der Waals surface area contributed by atoms with E-state index in [9.17, 15) is 40.7 Å². The summed E-state index contributed by atoms with van der Waals surface area (Å²) in [7, 11) is 1.35. The predicted octanol–water partition coefficient (Wildman–Crippen LogP) is 10.9. The van der Waals surface area contributed by atoms with Crippen molar-refractivity contribution in [3.63, 3.8) is 0 Å². The molecule has 3 saturated heterocycles. The van der Waals surface area contributed by atoms with Crippen molar-refractivity contribution in [2.24, 2.45) is 0 Å². The highest BCUT2D eigenvalue weighted by Gasteiger charge is 2.33. The predicted molar refractivity (Wildman–Crippen MR) is 290 cm³/mol. The van der Waals surface area contributed by atoms with Crippen LogP contribution in [0.1, 0.15) is 121 Å². The molecule has 0 radical (unpaired) electrons. The Morgan fingerprint density at radius 3 is 1.44 bits per heavy atom. The third-order valence-corrected chi connectivity index (χ3v) is 15.8. The lowest BCUT2D eigenvalue weighted by Crippen LogP contribution is -2.46. The van der Waals surface area contributed by atoms with Crippen LogP contribution in [0.15, 0.2) is 84.9 Å². The Labute approximate surface area is 456 Å². The number of rotatable bonds is 20. The highest BCUT2D eigenvalue weighted by atomic mass is 19.4. The van der Waals surface area contributed by atoms with E-state index < -0.39 is 23.5 Å². The summed E-state index contributed by atoms with van der Waals surface area (Å²) in [6.07, 6.45) is 3.11. The molecule has 12 nitrogen and oxygen atoms in total. The fourth-order valence-corrected chi connectivity index (χ4v) is 11.2. The zero-order valence-corrected chi connectivity index (χ0v) is 45.2. The molecule has 78 heavy (non-hydrogen) atoms. The van der Waals surface area contributed by atoms with Gasteiger partial charge in [-0.3, -0.25) is 19.4 Å². The van der Waals surface area contributed by atoms with Crippen LogP contribution < -0.4 is 14.5 Å². The normalized spacial score (nSPS) is 17.4. The van der Waals surface area contributed by atoms with E-state index in [0.717, 1.165) is 139 Å². The average Bonchev–Trinajstić information content (AvgIpc) is 4.12. The maximum atomic E-state index is 13.1. The van der Waals surface area contributed by atoms with Crippen LogP contribution in [0.4, 0.5) is 37.7 Å². The summed E-state index contributed by atoms with van der Waals surface area (Å²) in [5, 5.41) is 0. The third kappa shape index (κ3) is 16.8. The standard InChI is InChI=1S/C33H45F3N4O2.C27H32F3N3O3/c34-33(35,36)29-9-7-10-30(24-29)39-20-18-38(19-21-39)16-4-1-3-11-32(41)40-25-27-12-13-31(23-28(27)26-40)42-22-8-17-37-14-5-2-6-15-37;1-36-26(35)20-9-10-21-18-33(19-22(21)16-20)25(34)8-3-2-4-11-31-12-14-32(15-13-31)24-7-5-6-23(17-24)27(28,29)30/h7,9-10,12-13,23-24H,1-6,8,11,14-22,25-26H2;5-7,9-10,16-17H,2-4,8,11-15,18-19H2,1H3. The SMILES string of the molecule is COC(=O)c1ccc2c(c1)CN(C(=O)CCCCCN1CCN(c3cccc(C(F)(F)F)c3)CC1)C2.O=C(CCCCCN1CCN(c2cccc(C(F)(F)F)c2)CC1)N1Cc2ccc(OCCCN3CCCCC3)cc2C1. The van der Waals surface area contributed by atoms with Gasteiger partial charge in [-0.25, -0.2) is 4.79 Å². The topological polar surface area (TPSA) is 92.3 Å². The fourth-order valence-electron chi connectivity index (χ4n) is 11.2. The number of carbonyl (C=O) groups is 3. The number of fused-ring (bicyclic) bond motifs is 2. The maximum absolute atomic E-state index is 13.1. The number of ether oxygens (including phenoxy) is 2. The molecule has 4 aromatic carbocycles. The summed E-state index contributed by atoms with van der Waals surface area (Å²) in [4.78, 5) is 52.3. The lowest BCUT2D eigenvalue weighted by atomic mass is 10.1. The van der Waals surface area contributed by atoms with Crippen molar-refractivity contribution in [3.05, 3.63) is 124 Å². The van der Waals surface area contributed by atoms with Gasteiger partial charge in [-0.2, -0.15) is 26.3 Å². The molecule has 0 unspecified atom stereocenters. The van der Waals surface area contributed by atoms with Crippen LogP contribution in [-0.2, 0) is 52.9 Å². The van der Waals surface area contributed by atoms with Crippen molar-refractivity contribution in [1.29, 1.82) is 0 Å². The molecule has 5 heterocycles. The number of carbonyl (C=O) groups excluding carboxylic acids is 3. The first-order valence-electron chi connectivity index (χ1n) is 28.1. The minimum Gasteiger partial charge on any atom is -0.494 e. The molecule has 5 aliphatic rings. The van der Waals surface area contributed by atoms with Crippen LogP contribution in [0.25, 0.3) is 0 Å². The van der Waals surface area contributed by atoms with Crippen molar-refractivity contribution < 1.29 is 50.2 Å². The molecule has 2 amide bonds. The van der Waals surface area contributed by atoms with Gasteiger partial charge in [0, 0.05) is 109 Å². The Morgan fingerprint density at radius 2 is 0.936 bits per heavy atom. The molecule has 0 spiro atoms. The van der Waals surface area contributed by atoms with E-state index in [-0.39, 0.29) is 17.8 Å². The van der Waals surface area contributed by atoms with Crippen LogP contribution in [0, 0.1) is 0 Å². The monoisotopic (exact) mass is 1090 g/mol. The second-order valence-electron chi connectivity index (χ2n) is 21.4. The van der Waals surface area contributed by atoms with Gasteiger partial charge in [0.05, 0.1) is 30.4 Å². The van der Waals surface area contributed by atoms with Crippen LogP contribution in [0.3, 0.4) is 0 Å². The molecule has 424 valence electrons. The van der Waals surface area contributed by atoms with Gasteiger partial charge in [0.25, 0.3) is 0 Å². The number of methoxy groups -OCH3 is 1. The second-order valence-corrected chi connectivity index (χ2v) is 21.4. The number of anilines is 2. The van der Waals surface area contributed by atoms with Gasteiger partial charge in [0.2, 0.25) is 11.8 Å². The van der Waals surface area contributed by atoms with Gasteiger partial charge < -0.3 is 34.0 Å². The molecule has 0 N–H and O–H groups in total. The summed E-state index contributed by atoms with van der Waals surface area (Å²) < 4.78 is 88.9.